The highest BCUT2D eigenvalue weighted by atomic mass is 16.5. The molecule has 21 heavy (non-hydrogen) atoms. The normalized spacial score (nSPS) is 26.3. The minimum Gasteiger partial charge on any atom is -0.472 e. The second-order valence-corrected chi connectivity index (χ2v) is 6.04. The van der Waals surface area contributed by atoms with Crippen LogP contribution in [0.3, 0.4) is 0 Å². The molecule has 116 valence electrons. The number of furan rings is 1. The summed E-state index contributed by atoms with van der Waals surface area (Å²) < 4.78 is 10.9. The second kappa shape index (κ2) is 6.17. The molecule has 0 bridgehead atoms. The number of hydrogen-bond acceptors (Lipinski definition) is 5. The Morgan fingerprint density at radius 3 is 3.00 bits per heavy atom. The first-order valence-corrected chi connectivity index (χ1v) is 7.47. The lowest BCUT2D eigenvalue weighted by Gasteiger charge is -2.37. The van der Waals surface area contributed by atoms with E-state index in [0.29, 0.717) is 18.2 Å². The fourth-order valence-corrected chi connectivity index (χ4v) is 3.10. The van der Waals surface area contributed by atoms with Gasteiger partial charge in [0.15, 0.2) is 0 Å². The van der Waals surface area contributed by atoms with E-state index in [1.54, 1.807) is 6.07 Å². The van der Waals surface area contributed by atoms with Gasteiger partial charge in [0.05, 0.1) is 30.6 Å². The first-order valence-electron chi connectivity index (χ1n) is 7.47. The molecule has 0 radical (unpaired) electrons. The number of hydrogen-bond donors (Lipinski definition) is 0. The van der Waals surface area contributed by atoms with Crippen molar-refractivity contribution in [3.63, 3.8) is 0 Å². The molecular formula is C15H23N3O3. The van der Waals surface area contributed by atoms with Gasteiger partial charge in [0.2, 0.25) is 0 Å². The molecule has 1 amide bonds. The van der Waals surface area contributed by atoms with Gasteiger partial charge in [-0.15, -0.1) is 0 Å². The van der Waals surface area contributed by atoms with Crippen LogP contribution in [-0.4, -0.2) is 86.2 Å². The standard InChI is InChI=1S/C15H23N3O3/c1-16(2)4-5-17-6-8-21-14-10-18(9-13(14)17)15(19)12-3-7-20-11-12/h3,7,11,13-14H,4-6,8-10H2,1-2H3/t13-,14+/m1/s1. The number of rotatable bonds is 4. The minimum atomic E-state index is 0.0364. The summed E-state index contributed by atoms with van der Waals surface area (Å²) in [5, 5.41) is 0. The second-order valence-electron chi connectivity index (χ2n) is 6.04. The third-order valence-corrected chi connectivity index (χ3v) is 4.31. The van der Waals surface area contributed by atoms with Gasteiger partial charge in [-0.25, -0.2) is 0 Å². The summed E-state index contributed by atoms with van der Waals surface area (Å²) in [6.45, 7) is 5.16. The highest BCUT2D eigenvalue weighted by Gasteiger charge is 2.41. The quantitative estimate of drug-likeness (QED) is 0.802. The van der Waals surface area contributed by atoms with Gasteiger partial charge in [0.1, 0.15) is 6.26 Å². The predicted octanol–water partition coefficient (Wildman–Crippen LogP) is 0.366. The number of ether oxygens (including phenoxy) is 1. The van der Waals surface area contributed by atoms with E-state index in [-0.39, 0.29) is 12.0 Å². The monoisotopic (exact) mass is 293 g/mol. The Bertz CT molecular complexity index is 475. The van der Waals surface area contributed by atoms with Crippen LogP contribution in [0.15, 0.2) is 23.0 Å². The van der Waals surface area contributed by atoms with Crippen molar-refractivity contribution in [3.05, 3.63) is 24.2 Å². The number of morpholine rings is 1. The average Bonchev–Trinajstić information content (AvgIpc) is 3.13. The summed E-state index contributed by atoms with van der Waals surface area (Å²) in [7, 11) is 4.17. The molecule has 6 heteroatoms. The number of nitrogens with zero attached hydrogens (tertiary/aromatic N) is 3. The summed E-state index contributed by atoms with van der Waals surface area (Å²) in [5.74, 6) is 0.0364. The predicted molar refractivity (Wildman–Crippen MR) is 78.3 cm³/mol. The van der Waals surface area contributed by atoms with Gasteiger partial charge in [-0.3, -0.25) is 9.69 Å². The number of carbonyl (C=O) groups is 1. The summed E-state index contributed by atoms with van der Waals surface area (Å²) >= 11 is 0. The van der Waals surface area contributed by atoms with Crippen LogP contribution >= 0.6 is 0 Å². The maximum absolute atomic E-state index is 12.4. The van der Waals surface area contributed by atoms with E-state index >= 15 is 0 Å². The van der Waals surface area contributed by atoms with E-state index in [1.807, 2.05) is 4.90 Å². The van der Waals surface area contributed by atoms with Crippen LogP contribution in [0, 0.1) is 0 Å². The van der Waals surface area contributed by atoms with Crippen LogP contribution in [0.5, 0.6) is 0 Å². The highest BCUT2D eigenvalue weighted by molar-refractivity contribution is 5.94. The van der Waals surface area contributed by atoms with Crippen LogP contribution < -0.4 is 0 Å². The van der Waals surface area contributed by atoms with Gasteiger partial charge in [-0.05, 0) is 20.2 Å². The molecule has 2 fully saturated rings. The Morgan fingerprint density at radius 2 is 2.29 bits per heavy atom. The molecule has 0 saturated carbocycles. The van der Waals surface area contributed by atoms with E-state index in [4.69, 9.17) is 9.15 Å². The number of likely N-dealkylation sites (tertiary alicyclic amines) is 1. The first kappa shape index (κ1) is 14.6. The Kier molecular flexibility index (Phi) is 4.28. The van der Waals surface area contributed by atoms with Gasteiger partial charge >= 0.3 is 0 Å². The van der Waals surface area contributed by atoms with E-state index in [2.05, 4.69) is 23.9 Å². The zero-order chi connectivity index (χ0) is 14.8. The lowest BCUT2D eigenvalue weighted by Crippen LogP contribution is -2.52. The summed E-state index contributed by atoms with van der Waals surface area (Å²) in [6, 6.07) is 2.03. The zero-order valence-corrected chi connectivity index (χ0v) is 12.7. The molecule has 2 aliphatic heterocycles. The first-order chi connectivity index (χ1) is 10.1. The largest absolute Gasteiger partial charge is 0.472 e. The van der Waals surface area contributed by atoms with Crippen LogP contribution in [0.1, 0.15) is 10.4 Å². The Morgan fingerprint density at radius 1 is 1.43 bits per heavy atom. The van der Waals surface area contributed by atoms with Crippen LogP contribution in [0.25, 0.3) is 0 Å². The number of carbonyl (C=O) groups excluding carboxylic acids is 1. The molecule has 0 aliphatic carbocycles. The molecule has 1 aromatic rings. The van der Waals surface area contributed by atoms with Crippen LogP contribution in [0.4, 0.5) is 0 Å². The Labute approximate surface area is 125 Å². The molecule has 3 heterocycles. The van der Waals surface area contributed by atoms with Crippen LogP contribution in [-0.2, 0) is 4.74 Å². The maximum atomic E-state index is 12.4. The number of likely N-dealkylation sites (N-methyl/N-ethyl adjacent to an activating group) is 1. The highest BCUT2D eigenvalue weighted by Crippen LogP contribution is 2.24. The molecular weight excluding hydrogens is 270 g/mol. The molecule has 2 saturated heterocycles. The van der Waals surface area contributed by atoms with E-state index < -0.39 is 0 Å². The van der Waals surface area contributed by atoms with Gasteiger partial charge in [-0.1, -0.05) is 0 Å². The number of fused-ring (bicyclic) bond motifs is 1. The Balaban J connectivity index is 1.64. The summed E-state index contributed by atoms with van der Waals surface area (Å²) in [4.78, 5) is 18.9. The third kappa shape index (κ3) is 3.12. The molecule has 2 atom stereocenters. The lowest BCUT2D eigenvalue weighted by molar-refractivity contribution is -0.0482. The molecule has 1 aromatic heterocycles. The molecule has 0 aromatic carbocycles. The molecule has 2 aliphatic rings. The zero-order valence-electron chi connectivity index (χ0n) is 12.7. The van der Waals surface area contributed by atoms with Gasteiger partial charge in [0, 0.05) is 32.7 Å². The van der Waals surface area contributed by atoms with E-state index in [0.717, 1.165) is 32.8 Å². The summed E-state index contributed by atoms with van der Waals surface area (Å²) in [5.41, 5.74) is 0.619. The SMILES string of the molecule is CN(C)CCN1CCO[C@H]2CN(C(=O)c3ccoc3)C[C@H]21. The molecule has 0 spiro atoms. The minimum absolute atomic E-state index is 0.0364. The van der Waals surface area contributed by atoms with Crippen molar-refractivity contribution >= 4 is 5.91 Å². The van der Waals surface area contributed by atoms with E-state index in [9.17, 15) is 4.79 Å². The van der Waals surface area contributed by atoms with Crippen molar-refractivity contribution in [2.75, 3.05) is 53.4 Å². The van der Waals surface area contributed by atoms with Crippen molar-refractivity contribution in [1.29, 1.82) is 0 Å². The van der Waals surface area contributed by atoms with Crippen LogP contribution in [0.2, 0.25) is 0 Å². The molecule has 6 nitrogen and oxygen atoms in total. The molecule has 0 unspecified atom stereocenters. The molecule has 3 rings (SSSR count). The third-order valence-electron chi connectivity index (χ3n) is 4.31. The fourth-order valence-electron chi connectivity index (χ4n) is 3.10. The average molecular weight is 293 g/mol. The van der Waals surface area contributed by atoms with Gasteiger partial charge in [-0.2, -0.15) is 0 Å². The van der Waals surface area contributed by atoms with Crippen molar-refractivity contribution < 1.29 is 13.9 Å². The smallest absolute Gasteiger partial charge is 0.257 e. The molecule has 0 N–H and O–H groups in total. The van der Waals surface area contributed by atoms with Crippen molar-refractivity contribution in [1.82, 2.24) is 14.7 Å². The van der Waals surface area contributed by atoms with Gasteiger partial charge < -0.3 is 19.0 Å². The Hall–Kier alpha value is -1.37. The fraction of sp³-hybridized carbons (Fsp3) is 0.667. The topological polar surface area (TPSA) is 49.2 Å². The van der Waals surface area contributed by atoms with Crippen molar-refractivity contribution in [2.45, 2.75) is 12.1 Å². The van der Waals surface area contributed by atoms with Crippen molar-refractivity contribution in [3.8, 4) is 0 Å². The summed E-state index contributed by atoms with van der Waals surface area (Å²) in [6.07, 6.45) is 3.18. The lowest BCUT2D eigenvalue weighted by atomic mass is 10.1. The maximum Gasteiger partial charge on any atom is 0.257 e. The van der Waals surface area contributed by atoms with E-state index in [1.165, 1.54) is 12.5 Å². The van der Waals surface area contributed by atoms with Gasteiger partial charge in [0.25, 0.3) is 5.91 Å². The van der Waals surface area contributed by atoms with Crippen molar-refractivity contribution in [2.24, 2.45) is 0 Å². The number of amides is 1.